The van der Waals surface area contributed by atoms with E-state index in [0.29, 0.717) is 19.6 Å². The average Bonchev–Trinajstić information content (AvgIpc) is 3.06. The Bertz CT molecular complexity index is 215. The van der Waals surface area contributed by atoms with Gasteiger partial charge in [0.1, 0.15) is 0 Å². The van der Waals surface area contributed by atoms with Crippen LogP contribution in [-0.2, 0) is 14.3 Å². The minimum atomic E-state index is 0.0628. The van der Waals surface area contributed by atoms with Crippen LogP contribution in [0.25, 0.3) is 0 Å². The Morgan fingerprint density at radius 2 is 2.12 bits per heavy atom. The average molecular weight is 243 g/mol. The van der Waals surface area contributed by atoms with Gasteiger partial charge in [0.15, 0.2) is 0 Å². The molecule has 1 aliphatic rings. The topological polar surface area (TPSA) is 47.6 Å². The first kappa shape index (κ1) is 14.5. The zero-order valence-corrected chi connectivity index (χ0v) is 11.0. The summed E-state index contributed by atoms with van der Waals surface area (Å²) in [4.78, 5) is 11.3. The van der Waals surface area contributed by atoms with E-state index in [1.54, 1.807) is 0 Å². The number of rotatable bonds is 10. The monoisotopic (exact) mass is 243 g/mol. The predicted octanol–water partition coefficient (Wildman–Crippen LogP) is 1.73. The molecule has 0 aromatic carbocycles. The van der Waals surface area contributed by atoms with Crippen molar-refractivity contribution < 1.29 is 14.3 Å². The summed E-state index contributed by atoms with van der Waals surface area (Å²) in [6.45, 7) is 6.78. The molecule has 1 rings (SSSR count). The van der Waals surface area contributed by atoms with Crippen LogP contribution in [-0.4, -0.2) is 38.4 Å². The Morgan fingerprint density at radius 3 is 2.76 bits per heavy atom. The normalized spacial score (nSPS) is 15.2. The molecule has 0 unspecified atom stereocenters. The predicted molar refractivity (Wildman–Crippen MR) is 66.9 cm³/mol. The van der Waals surface area contributed by atoms with E-state index in [1.165, 1.54) is 12.8 Å². The molecule has 1 N–H and O–H groups in total. The van der Waals surface area contributed by atoms with Crippen LogP contribution < -0.4 is 5.32 Å². The van der Waals surface area contributed by atoms with Gasteiger partial charge in [-0.3, -0.25) is 4.79 Å². The third-order valence-corrected chi connectivity index (χ3v) is 2.62. The highest BCUT2D eigenvalue weighted by atomic mass is 16.5. The molecule has 0 aromatic rings. The molecule has 0 aliphatic heterocycles. The lowest BCUT2D eigenvalue weighted by Crippen LogP contribution is -2.26. The molecule has 1 saturated carbocycles. The molecular formula is C13H25NO3. The molecule has 0 aromatic heterocycles. The van der Waals surface area contributed by atoms with E-state index in [2.05, 4.69) is 5.32 Å². The lowest BCUT2D eigenvalue weighted by molar-refractivity contribution is -0.122. The molecule has 1 fully saturated rings. The quantitative estimate of drug-likeness (QED) is 0.594. The largest absolute Gasteiger partial charge is 0.381 e. The highest BCUT2D eigenvalue weighted by molar-refractivity contribution is 5.75. The van der Waals surface area contributed by atoms with Crippen LogP contribution in [0.1, 0.15) is 39.5 Å². The van der Waals surface area contributed by atoms with Crippen LogP contribution in [0.2, 0.25) is 0 Å². The summed E-state index contributed by atoms with van der Waals surface area (Å²) in [5, 5.41) is 2.86. The second-order valence-electron chi connectivity index (χ2n) is 4.89. The van der Waals surface area contributed by atoms with Crippen LogP contribution in [0.15, 0.2) is 0 Å². The van der Waals surface area contributed by atoms with Gasteiger partial charge >= 0.3 is 0 Å². The molecule has 0 radical (unpaired) electrons. The first-order valence-electron chi connectivity index (χ1n) is 6.64. The highest BCUT2D eigenvalue weighted by Gasteiger charge is 2.20. The number of carbonyl (C=O) groups excluding carboxylic acids is 1. The summed E-state index contributed by atoms with van der Waals surface area (Å²) in [7, 11) is 0. The van der Waals surface area contributed by atoms with Crippen molar-refractivity contribution in [3.63, 3.8) is 0 Å². The number of amides is 1. The van der Waals surface area contributed by atoms with E-state index in [9.17, 15) is 4.79 Å². The van der Waals surface area contributed by atoms with Gasteiger partial charge in [-0.25, -0.2) is 0 Å². The molecule has 4 heteroatoms. The van der Waals surface area contributed by atoms with Gasteiger partial charge in [-0.05, 0) is 39.0 Å². The van der Waals surface area contributed by atoms with Crippen LogP contribution in [0.5, 0.6) is 0 Å². The maximum absolute atomic E-state index is 11.3. The first-order chi connectivity index (χ1) is 8.18. The fraction of sp³-hybridized carbons (Fsp3) is 0.923. The molecule has 17 heavy (non-hydrogen) atoms. The van der Waals surface area contributed by atoms with Crippen LogP contribution in [0.3, 0.4) is 0 Å². The van der Waals surface area contributed by atoms with Crippen molar-refractivity contribution in [1.82, 2.24) is 5.32 Å². The standard InChI is InChI=1S/C13H25NO3/c1-11(2)17-9-6-13(15)14-7-3-8-16-10-12-4-5-12/h11-12H,3-10H2,1-2H3,(H,14,15). The van der Waals surface area contributed by atoms with Crippen molar-refractivity contribution in [2.24, 2.45) is 5.92 Å². The first-order valence-corrected chi connectivity index (χ1v) is 6.64. The summed E-state index contributed by atoms with van der Waals surface area (Å²) < 4.78 is 10.8. The molecule has 0 spiro atoms. The van der Waals surface area contributed by atoms with E-state index >= 15 is 0 Å². The number of ether oxygens (including phenoxy) is 2. The second kappa shape index (κ2) is 8.48. The van der Waals surface area contributed by atoms with Crippen molar-refractivity contribution in [2.45, 2.75) is 45.6 Å². The van der Waals surface area contributed by atoms with Crippen molar-refractivity contribution in [3.05, 3.63) is 0 Å². The third-order valence-electron chi connectivity index (χ3n) is 2.62. The van der Waals surface area contributed by atoms with Crippen molar-refractivity contribution in [2.75, 3.05) is 26.4 Å². The van der Waals surface area contributed by atoms with E-state index in [0.717, 1.165) is 25.6 Å². The van der Waals surface area contributed by atoms with Gasteiger partial charge in [-0.15, -0.1) is 0 Å². The molecule has 0 heterocycles. The summed E-state index contributed by atoms with van der Waals surface area (Å²) in [5.41, 5.74) is 0. The smallest absolute Gasteiger partial charge is 0.222 e. The second-order valence-corrected chi connectivity index (χ2v) is 4.89. The molecule has 0 saturated heterocycles. The Kier molecular flexibility index (Phi) is 7.21. The Hall–Kier alpha value is -0.610. The van der Waals surface area contributed by atoms with Gasteiger partial charge in [0.05, 0.1) is 12.7 Å². The highest BCUT2D eigenvalue weighted by Crippen LogP contribution is 2.28. The van der Waals surface area contributed by atoms with E-state index in [1.807, 2.05) is 13.8 Å². The number of carbonyl (C=O) groups is 1. The summed E-state index contributed by atoms with van der Waals surface area (Å²) >= 11 is 0. The molecular weight excluding hydrogens is 218 g/mol. The van der Waals surface area contributed by atoms with Gasteiger partial charge in [0.2, 0.25) is 5.91 Å². The molecule has 0 bridgehead atoms. The minimum Gasteiger partial charge on any atom is -0.381 e. The molecule has 1 aliphatic carbocycles. The van der Waals surface area contributed by atoms with Gasteiger partial charge in [0, 0.05) is 26.2 Å². The Labute approximate surface area is 104 Å². The summed E-state index contributed by atoms with van der Waals surface area (Å²) in [6, 6.07) is 0. The van der Waals surface area contributed by atoms with Crippen LogP contribution >= 0.6 is 0 Å². The minimum absolute atomic E-state index is 0.0628. The molecule has 1 amide bonds. The Balaban J connectivity index is 1.79. The van der Waals surface area contributed by atoms with Crippen molar-refractivity contribution in [1.29, 1.82) is 0 Å². The van der Waals surface area contributed by atoms with E-state index in [4.69, 9.17) is 9.47 Å². The maximum Gasteiger partial charge on any atom is 0.222 e. The zero-order chi connectivity index (χ0) is 12.5. The van der Waals surface area contributed by atoms with Crippen molar-refractivity contribution in [3.8, 4) is 0 Å². The lowest BCUT2D eigenvalue weighted by atomic mass is 10.4. The lowest BCUT2D eigenvalue weighted by Gasteiger charge is -2.08. The number of nitrogens with one attached hydrogen (secondary N) is 1. The summed E-state index contributed by atoms with van der Waals surface area (Å²) in [5.74, 6) is 0.880. The van der Waals surface area contributed by atoms with Crippen LogP contribution in [0, 0.1) is 5.92 Å². The van der Waals surface area contributed by atoms with Gasteiger partial charge < -0.3 is 14.8 Å². The van der Waals surface area contributed by atoms with Gasteiger partial charge in [0.25, 0.3) is 0 Å². The van der Waals surface area contributed by atoms with E-state index < -0.39 is 0 Å². The fourth-order valence-electron chi connectivity index (χ4n) is 1.41. The number of hydrogen-bond donors (Lipinski definition) is 1. The fourth-order valence-corrected chi connectivity index (χ4v) is 1.41. The van der Waals surface area contributed by atoms with Gasteiger partial charge in [-0.1, -0.05) is 0 Å². The van der Waals surface area contributed by atoms with Gasteiger partial charge in [-0.2, -0.15) is 0 Å². The molecule has 100 valence electrons. The molecule has 0 atom stereocenters. The third kappa shape index (κ3) is 9.12. The van der Waals surface area contributed by atoms with E-state index in [-0.39, 0.29) is 12.0 Å². The zero-order valence-electron chi connectivity index (χ0n) is 11.0. The SMILES string of the molecule is CC(C)OCCC(=O)NCCCOCC1CC1. The summed E-state index contributed by atoms with van der Waals surface area (Å²) in [6.07, 6.45) is 4.18. The number of hydrogen-bond acceptors (Lipinski definition) is 3. The maximum atomic E-state index is 11.3. The van der Waals surface area contributed by atoms with Crippen LogP contribution in [0.4, 0.5) is 0 Å². The Morgan fingerprint density at radius 1 is 1.35 bits per heavy atom. The van der Waals surface area contributed by atoms with Crippen molar-refractivity contribution >= 4 is 5.91 Å². The molecule has 4 nitrogen and oxygen atoms in total.